The molecule has 1 heteroatoms. The summed E-state index contributed by atoms with van der Waals surface area (Å²) in [6.45, 7) is 8.78. The lowest BCUT2D eigenvalue weighted by Crippen LogP contribution is -1.94. The fourth-order valence-corrected chi connectivity index (χ4v) is 3.39. The van der Waals surface area contributed by atoms with Crippen molar-refractivity contribution in [2.75, 3.05) is 0 Å². The van der Waals surface area contributed by atoms with Gasteiger partial charge in [-0.25, -0.2) is 0 Å². The fourth-order valence-electron chi connectivity index (χ4n) is 3.39. The van der Waals surface area contributed by atoms with Crippen LogP contribution in [-0.2, 0) is 0 Å². The molecule has 1 heterocycles. The van der Waals surface area contributed by atoms with E-state index < -0.39 is 0 Å². The summed E-state index contributed by atoms with van der Waals surface area (Å²) in [4.78, 5) is 0. The van der Waals surface area contributed by atoms with Crippen molar-refractivity contribution in [3.8, 4) is 5.69 Å². The summed E-state index contributed by atoms with van der Waals surface area (Å²) >= 11 is 0. The van der Waals surface area contributed by atoms with Crippen LogP contribution in [0.1, 0.15) is 22.3 Å². The van der Waals surface area contributed by atoms with Crippen LogP contribution in [0.3, 0.4) is 0 Å². The highest BCUT2D eigenvalue weighted by atomic mass is 15.0. The molecule has 0 aliphatic rings. The van der Waals surface area contributed by atoms with E-state index in [9.17, 15) is 0 Å². The third kappa shape index (κ3) is 2.08. The number of fused-ring (bicyclic) bond motifs is 3. The Morgan fingerprint density at radius 2 is 1.00 bits per heavy atom. The second-order valence-electron chi connectivity index (χ2n) is 6.58. The second kappa shape index (κ2) is 4.99. The van der Waals surface area contributed by atoms with Crippen LogP contribution in [0, 0.1) is 27.7 Å². The molecule has 0 bridgehead atoms. The average molecular weight is 299 g/mol. The van der Waals surface area contributed by atoms with Gasteiger partial charge >= 0.3 is 0 Å². The van der Waals surface area contributed by atoms with Gasteiger partial charge in [-0.05, 0) is 86.3 Å². The van der Waals surface area contributed by atoms with Crippen molar-refractivity contribution in [3.05, 3.63) is 76.9 Å². The van der Waals surface area contributed by atoms with E-state index in [1.54, 1.807) is 0 Å². The van der Waals surface area contributed by atoms with Crippen molar-refractivity contribution in [2.24, 2.45) is 0 Å². The monoisotopic (exact) mass is 299 g/mol. The van der Waals surface area contributed by atoms with E-state index in [2.05, 4.69) is 86.9 Å². The molecule has 0 aliphatic heterocycles. The summed E-state index contributed by atoms with van der Waals surface area (Å²) in [5.41, 5.74) is 9.18. The van der Waals surface area contributed by atoms with Crippen LogP contribution < -0.4 is 0 Å². The minimum atomic E-state index is 1.22. The van der Waals surface area contributed by atoms with E-state index in [0.717, 1.165) is 0 Å². The maximum Gasteiger partial charge on any atom is 0.0543 e. The molecule has 114 valence electrons. The van der Waals surface area contributed by atoms with E-state index in [0.29, 0.717) is 0 Å². The quantitative estimate of drug-likeness (QED) is 0.405. The van der Waals surface area contributed by atoms with Crippen molar-refractivity contribution in [3.63, 3.8) is 0 Å². The minimum absolute atomic E-state index is 1.22. The third-order valence-corrected chi connectivity index (χ3v) is 5.01. The van der Waals surface area contributed by atoms with Gasteiger partial charge in [0.05, 0.1) is 11.0 Å². The van der Waals surface area contributed by atoms with Gasteiger partial charge in [-0.1, -0.05) is 18.2 Å². The number of rotatable bonds is 1. The second-order valence-corrected chi connectivity index (χ2v) is 6.58. The zero-order valence-electron chi connectivity index (χ0n) is 14.1. The van der Waals surface area contributed by atoms with Crippen molar-refractivity contribution in [2.45, 2.75) is 27.7 Å². The van der Waals surface area contributed by atoms with Gasteiger partial charge in [0.2, 0.25) is 0 Å². The smallest absolute Gasteiger partial charge is 0.0543 e. The van der Waals surface area contributed by atoms with Gasteiger partial charge in [0, 0.05) is 16.5 Å². The van der Waals surface area contributed by atoms with Gasteiger partial charge in [-0.15, -0.1) is 0 Å². The molecule has 0 unspecified atom stereocenters. The Hall–Kier alpha value is -2.54. The Morgan fingerprint density at radius 3 is 1.48 bits per heavy atom. The Labute approximate surface area is 137 Å². The number of aryl methyl sites for hydroxylation is 4. The molecule has 23 heavy (non-hydrogen) atoms. The SMILES string of the molecule is Cc1cc2c3cc(C)c(C)cc3n(-c3ccccc3)c2cc1C. The van der Waals surface area contributed by atoms with Crippen molar-refractivity contribution < 1.29 is 0 Å². The normalized spacial score (nSPS) is 11.5. The maximum absolute atomic E-state index is 2.39. The van der Waals surface area contributed by atoms with E-state index in [1.165, 1.54) is 49.7 Å². The predicted octanol–water partition coefficient (Wildman–Crippen LogP) is 6.02. The summed E-state index contributed by atoms with van der Waals surface area (Å²) < 4.78 is 2.39. The van der Waals surface area contributed by atoms with Crippen LogP contribution in [-0.4, -0.2) is 4.57 Å². The number of aromatic nitrogens is 1. The van der Waals surface area contributed by atoms with E-state index in [1.807, 2.05) is 0 Å². The molecule has 0 saturated carbocycles. The lowest BCUT2D eigenvalue weighted by molar-refractivity contribution is 1.17. The first-order valence-electron chi connectivity index (χ1n) is 8.14. The Balaban J connectivity index is 2.25. The molecular formula is C22H21N. The molecule has 0 atom stereocenters. The molecule has 3 aromatic carbocycles. The van der Waals surface area contributed by atoms with E-state index in [4.69, 9.17) is 0 Å². The number of benzene rings is 3. The predicted molar refractivity (Wildman–Crippen MR) is 99.7 cm³/mol. The third-order valence-electron chi connectivity index (χ3n) is 5.01. The fraction of sp³-hybridized carbons (Fsp3) is 0.182. The largest absolute Gasteiger partial charge is 0.309 e. The van der Waals surface area contributed by atoms with Crippen molar-refractivity contribution in [1.82, 2.24) is 4.57 Å². The van der Waals surface area contributed by atoms with Gasteiger partial charge in [-0.3, -0.25) is 0 Å². The summed E-state index contributed by atoms with van der Waals surface area (Å²) in [5.74, 6) is 0. The molecule has 0 radical (unpaired) electrons. The summed E-state index contributed by atoms with van der Waals surface area (Å²) in [7, 11) is 0. The van der Waals surface area contributed by atoms with Crippen molar-refractivity contribution >= 4 is 21.8 Å². The summed E-state index contributed by atoms with van der Waals surface area (Å²) in [6.07, 6.45) is 0. The molecular weight excluding hydrogens is 278 g/mol. The maximum atomic E-state index is 2.39. The Bertz CT molecular complexity index is 971. The Kier molecular flexibility index (Phi) is 3.05. The highest BCUT2D eigenvalue weighted by Gasteiger charge is 2.14. The van der Waals surface area contributed by atoms with Crippen LogP contribution >= 0.6 is 0 Å². The van der Waals surface area contributed by atoms with Crippen LogP contribution in [0.4, 0.5) is 0 Å². The molecule has 0 N–H and O–H groups in total. The average Bonchev–Trinajstić information content (AvgIpc) is 2.82. The minimum Gasteiger partial charge on any atom is -0.309 e. The standard InChI is InChI=1S/C22H21N/c1-14-10-19-20-11-15(2)17(4)13-22(20)23(21(19)12-16(14)3)18-8-6-5-7-9-18/h5-13H,1-4H3. The zero-order chi connectivity index (χ0) is 16.1. The van der Waals surface area contributed by atoms with E-state index >= 15 is 0 Å². The van der Waals surface area contributed by atoms with Crippen LogP contribution in [0.25, 0.3) is 27.5 Å². The first-order chi connectivity index (χ1) is 11.1. The molecule has 0 saturated heterocycles. The molecule has 1 nitrogen and oxygen atoms in total. The van der Waals surface area contributed by atoms with Crippen LogP contribution in [0.15, 0.2) is 54.6 Å². The van der Waals surface area contributed by atoms with E-state index in [-0.39, 0.29) is 0 Å². The van der Waals surface area contributed by atoms with Gasteiger partial charge < -0.3 is 4.57 Å². The molecule has 4 aromatic rings. The highest BCUT2D eigenvalue weighted by molar-refractivity contribution is 6.10. The number of hydrogen-bond acceptors (Lipinski definition) is 0. The number of para-hydroxylation sites is 1. The summed E-state index contributed by atoms with van der Waals surface area (Å²) in [5, 5.41) is 2.69. The van der Waals surface area contributed by atoms with Crippen LogP contribution in [0.2, 0.25) is 0 Å². The molecule has 1 aromatic heterocycles. The van der Waals surface area contributed by atoms with Gasteiger partial charge in [-0.2, -0.15) is 0 Å². The molecule has 0 spiro atoms. The molecule has 0 fully saturated rings. The number of nitrogens with zero attached hydrogens (tertiary/aromatic N) is 1. The molecule has 4 rings (SSSR count). The van der Waals surface area contributed by atoms with Crippen molar-refractivity contribution in [1.29, 1.82) is 0 Å². The number of hydrogen-bond donors (Lipinski definition) is 0. The van der Waals surface area contributed by atoms with Gasteiger partial charge in [0.25, 0.3) is 0 Å². The Morgan fingerprint density at radius 1 is 0.565 bits per heavy atom. The zero-order valence-corrected chi connectivity index (χ0v) is 14.1. The topological polar surface area (TPSA) is 4.93 Å². The molecule has 0 amide bonds. The molecule has 0 aliphatic carbocycles. The summed E-state index contributed by atoms with van der Waals surface area (Å²) in [6, 6.07) is 20.0. The first-order valence-corrected chi connectivity index (χ1v) is 8.14. The van der Waals surface area contributed by atoms with Gasteiger partial charge in [0.1, 0.15) is 0 Å². The first kappa shape index (κ1) is 14.1. The van der Waals surface area contributed by atoms with Crippen LogP contribution in [0.5, 0.6) is 0 Å². The highest BCUT2D eigenvalue weighted by Crippen LogP contribution is 2.35. The lowest BCUT2D eigenvalue weighted by atomic mass is 10.0. The van der Waals surface area contributed by atoms with Gasteiger partial charge in [0.15, 0.2) is 0 Å². The lowest BCUT2D eigenvalue weighted by Gasteiger charge is -2.09.